The Bertz CT molecular complexity index is 3490. The highest BCUT2D eigenvalue weighted by molar-refractivity contribution is 6.25. The molecule has 1 aliphatic carbocycles. The average Bonchev–Trinajstić information content (AvgIpc) is 3.51. The number of rotatable bonds is 5. The van der Waals surface area contributed by atoms with Gasteiger partial charge in [-0.3, -0.25) is 0 Å². The second-order valence-corrected chi connectivity index (χ2v) is 17.0. The van der Waals surface area contributed by atoms with E-state index in [1.165, 1.54) is 121 Å². The molecular formula is C59H40. The van der Waals surface area contributed by atoms with Gasteiger partial charge in [0.15, 0.2) is 0 Å². The third-order valence-corrected chi connectivity index (χ3v) is 13.2. The van der Waals surface area contributed by atoms with E-state index < -0.39 is 0 Å². The van der Waals surface area contributed by atoms with Crippen molar-refractivity contribution in [1.29, 1.82) is 0 Å². The molecule has 11 aromatic carbocycles. The van der Waals surface area contributed by atoms with E-state index in [0.717, 1.165) is 0 Å². The van der Waals surface area contributed by atoms with Crippen LogP contribution < -0.4 is 0 Å². The van der Waals surface area contributed by atoms with Gasteiger partial charge in [0, 0.05) is 5.41 Å². The van der Waals surface area contributed by atoms with Crippen LogP contribution in [-0.4, -0.2) is 0 Å². The van der Waals surface area contributed by atoms with Crippen LogP contribution in [0.3, 0.4) is 0 Å². The molecule has 0 amide bonds. The molecule has 0 heterocycles. The van der Waals surface area contributed by atoms with E-state index in [4.69, 9.17) is 0 Å². The molecule has 11 aromatic rings. The molecule has 59 heavy (non-hydrogen) atoms. The lowest BCUT2D eigenvalue weighted by Gasteiger charge is -2.22. The third kappa shape index (κ3) is 5.44. The van der Waals surface area contributed by atoms with Gasteiger partial charge in [-0.2, -0.15) is 0 Å². The van der Waals surface area contributed by atoms with Crippen molar-refractivity contribution < 1.29 is 0 Å². The molecule has 0 aromatic heterocycles. The minimum absolute atomic E-state index is 0.119. The second-order valence-electron chi connectivity index (χ2n) is 17.0. The van der Waals surface area contributed by atoms with Crippen molar-refractivity contribution in [2.24, 2.45) is 0 Å². The van der Waals surface area contributed by atoms with E-state index in [-0.39, 0.29) is 5.41 Å². The Morgan fingerprint density at radius 3 is 1.51 bits per heavy atom. The Morgan fingerprint density at radius 1 is 0.305 bits per heavy atom. The summed E-state index contributed by atoms with van der Waals surface area (Å²) in [4.78, 5) is 0. The van der Waals surface area contributed by atoms with Crippen molar-refractivity contribution >= 4 is 66.0 Å². The summed E-state index contributed by atoms with van der Waals surface area (Å²) in [6, 6.07) is 72.5. The van der Waals surface area contributed by atoms with Crippen LogP contribution in [0.15, 0.2) is 194 Å². The van der Waals surface area contributed by atoms with Gasteiger partial charge in [0.25, 0.3) is 0 Å². The van der Waals surface area contributed by atoms with Crippen molar-refractivity contribution in [3.63, 3.8) is 0 Å². The zero-order valence-corrected chi connectivity index (χ0v) is 33.1. The van der Waals surface area contributed by atoms with Gasteiger partial charge in [0.2, 0.25) is 0 Å². The molecule has 0 saturated carbocycles. The number of hydrogen-bond acceptors (Lipinski definition) is 0. The number of benzene rings is 11. The Labute approximate surface area is 344 Å². The molecule has 0 fully saturated rings. The van der Waals surface area contributed by atoms with Crippen LogP contribution in [0.25, 0.3) is 111 Å². The zero-order chi connectivity index (χ0) is 39.2. The van der Waals surface area contributed by atoms with Crippen molar-refractivity contribution in [2.75, 3.05) is 0 Å². The predicted molar refractivity (Wildman–Crippen MR) is 254 cm³/mol. The lowest BCUT2D eigenvalue weighted by molar-refractivity contribution is 0.661. The maximum absolute atomic E-state index is 2.44. The Hall–Kier alpha value is -7.28. The van der Waals surface area contributed by atoms with Gasteiger partial charge in [-0.1, -0.05) is 190 Å². The molecule has 0 N–H and O–H groups in total. The van der Waals surface area contributed by atoms with Gasteiger partial charge in [-0.15, -0.1) is 0 Å². The monoisotopic (exact) mass is 748 g/mol. The predicted octanol–water partition coefficient (Wildman–Crippen LogP) is 16.4. The summed E-state index contributed by atoms with van der Waals surface area (Å²) in [5.74, 6) is 0. The highest BCUT2D eigenvalue weighted by Crippen LogP contribution is 2.51. The molecule has 0 spiro atoms. The lowest BCUT2D eigenvalue weighted by atomic mass is 9.80. The van der Waals surface area contributed by atoms with Gasteiger partial charge >= 0.3 is 0 Å². The summed E-state index contributed by atoms with van der Waals surface area (Å²) in [5, 5.41) is 13.0. The van der Waals surface area contributed by atoms with Gasteiger partial charge < -0.3 is 0 Å². The Kier molecular flexibility index (Phi) is 7.38. The zero-order valence-electron chi connectivity index (χ0n) is 33.1. The fraction of sp³-hybridized carbons (Fsp3) is 0.0508. The topological polar surface area (TPSA) is 0 Å². The molecule has 1 aliphatic rings. The molecule has 0 radical (unpaired) electrons. The maximum atomic E-state index is 2.44. The summed E-state index contributed by atoms with van der Waals surface area (Å²) < 4.78 is 0. The van der Waals surface area contributed by atoms with Crippen LogP contribution >= 0.6 is 0 Å². The van der Waals surface area contributed by atoms with Crippen LogP contribution in [0, 0.1) is 0 Å². The van der Waals surface area contributed by atoms with E-state index in [9.17, 15) is 0 Å². The van der Waals surface area contributed by atoms with Crippen LogP contribution in [-0.2, 0) is 5.41 Å². The molecule has 0 unspecified atom stereocenters. The molecule has 0 bridgehead atoms. The SMILES string of the molecule is CC1(C)c2cc(-c3ccc(/C=C/c4ccc5ccccc5c4)cc3)ccc2-c2ccc(-c3ccc4cc(-c5ccc6ccc7cccc8ccc5c6c78)ccc4c3)cc21. The van der Waals surface area contributed by atoms with Gasteiger partial charge in [0.1, 0.15) is 0 Å². The van der Waals surface area contributed by atoms with Crippen LogP contribution in [0.4, 0.5) is 0 Å². The van der Waals surface area contributed by atoms with Gasteiger partial charge in [-0.25, -0.2) is 0 Å². The molecule has 12 rings (SSSR count). The minimum atomic E-state index is -0.119. The largest absolute Gasteiger partial charge is 0.0616 e. The van der Waals surface area contributed by atoms with Crippen LogP contribution in [0.1, 0.15) is 36.1 Å². The molecule has 276 valence electrons. The number of hydrogen-bond donors (Lipinski definition) is 0. The van der Waals surface area contributed by atoms with E-state index in [0.29, 0.717) is 0 Å². The smallest absolute Gasteiger partial charge is 0.0159 e. The lowest BCUT2D eigenvalue weighted by Crippen LogP contribution is -2.15. The quantitative estimate of drug-likeness (QED) is 0.121. The van der Waals surface area contributed by atoms with Crippen molar-refractivity contribution in [3.8, 4) is 44.5 Å². The molecule has 0 heteroatoms. The van der Waals surface area contributed by atoms with E-state index >= 15 is 0 Å². The molecule has 0 nitrogen and oxygen atoms in total. The highest BCUT2D eigenvalue weighted by Gasteiger charge is 2.36. The first-order chi connectivity index (χ1) is 28.9. The standard InChI is InChI=1S/C59H40/c1-59(2)55-35-48(40-15-12-37(13-16-40)10-11-38-14-17-39-6-3-4-7-44(39)32-38)26-29-52(55)53-30-27-49(36-56(53)59)46-20-21-47-34-50(23-22-45(47)33-46)51-28-24-43-19-18-41-8-5-9-42-25-31-54(51)58(43)57(41)42/h3-36H,1-2H3/b11-10+. The fourth-order valence-electron chi connectivity index (χ4n) is 9.97. The Balaban J connectivity index is 0.823. The third-order valence-electron chi connectivity index (χ3n) is 13.2. The first kappa shape index (κ1) is 33.8. The summed E-state index contributed by atoms with van der Waals surface area (Å²) in [6.07, 6.45) is 4.41. The van der Waals surface area contributed by atoms with Crippen LogP contribution in [0.5, 0.6) is 0 Å². The van der Waals surface area contributed by atoms with Crippen molar-refractivity contribution in [3.05, 3.63) is 216 Å². The first-order valence-corrected chi connectivity index (χ1v) is 20.7. The molecule has 0 aliphatic heterocycles. The van der Waals surface area contributed by atoms with E-state index in [1.54, 1.807) is 0 Å². The van der Waals surface area contributed by atoms with Gasteiger partial charge in [-0.05, 0) is 151 Å². The molecule has 0 saturated heterocycles. The summed E-state index contributed by atoms with van der Waals surface area (Å²) in [5.41, 5.74) is 15.3. The highest BCUT2D eigenvalue weighted by atomic mass is 14.4. The normalized spacial score (nSPS) is 13.3. The maximum Gasteiger partial charge on any atom is 0.0159 e. The average molecular weight is 749 g/mol. The van der Waals surface area contributed by atoms with E-state index in [2.05, 4.69) is 220 Å². The summed E-state index contributed by atoms with van der Waals surface area (Å²) in [7, 11) is 0. The second kappa shape index (κ2) is 12.9. The first-order valence-electron chi connectivity index (χ1n) is 20.7. The van der Waals surface area contributed by atoms with Crippen molar-refractivity contribution in [1.82, 2.24) is 0 Å². The summed E-state index contributed by atoms with van der Waals surface area (Å²) in [6.45, 7) is 4.76. The van der Waals surface area contributed by atoms with E-state index in [1.807, 2.05) is 0 Å². The van der Waals surface area contributed by atoms with Crippen molar-refractivity contribution in [2.45, 2.75) is 19.3 Å². The number of fused-ring (bicyclic) bond motifs is 5. The summed E-state index contributed by atoms with van der Waals surface area (Å²) >= 11 is 0. The minimum Gasteiger partial charge on any atom is -0.0616 e. The van der Waals surface area contributed by atoms with Crippen LogP contribution in [0.2, 0.25) is 0 Å². The fourth-order valence-corrected chi connectivity index (χ4v) is 9.97. The molecule has 0 atom stereocenters. The Morgan fingerprint density at radius 2 is 0.763 bits per heavy atom. The van der Waals surface area contributed by atoms with Gasteiger partial charge in [0.05, 0.1) is 0 Å². The molecular weight excluding hydrogens is 709 g/mol.